The summed E-state index contributed by atoms with van der Waals surface area (Å²) >= 11 is 1.24. The predicted octanol–water partition coefficient (Wildman–Crippen LogP) is 2.99. The van der Waals surface area contributed by atoms with Crippen molar-refractivity contribution in [3.63, 3.8) is 0 Å². The smallest absolute Gasteiger partial charge is 0.344 e. The zero-order valence-corrected chi connectivity index (χ0v) is 16.6. The predicted molar refractivity (Wildman–Crippen MR) is 106 cm³/mol. The van der Waals surface area contributed by atoms with E-state index in [-0.39, 0.29) is 23.5 Å². The molecule has 0 bridgehead atoms. The fraction of sp³-hybridized carbons (Fsp3) is 0.526. The highest BCUT2D eigenvalue weighted by atomic mass is 32.2. The summed E-state index contributed by atoms with van der Waals surface area (Å²) in [5.74, 6) is 0.559. The van der Waals surface area contributed by atoms with Crippen LogP contribution in [0.1, 0.15) is 44.6 Å². The second-order valence-corrected chi connectivity index (χ2v) is 7.77. The summed E-state index contributed by atoms with van der Waals surface area (Å²) in [6.07, 6.45) is 3.07. The molecule has 0 radical (unpaired) electrons. The molecule has 0 saturated carbocycles. The number of thioether (sulfide) groups is 1. The van der Waals surface area contributed by atoms with Crippen molar-refractivity contribution >= 4 is 23.4 Å². The Balaban J connectivity index is 1.54. The summed E-state index contributed by atoms with van der Waals surface area (Å²) < 4.78 is 7.14. The van der Waals surface area contributed by atoms with Gasteiger partial charge in [-0.2, -0.15) is 0 Å². The first-order valence-electron chi connectivity index (χ1n) is 9.36. The fourth-order valence-electron chi connectivity index (χ4n) is 3.02. The van der Waals surface area contributed by atoms with Gasteiger partial charge in [0.2, 0.25) is 5.91 Å². The molecule has 2 aromatic rings. The Hall–Kier alpha value is -2.06. The van der Waals surface area contributed by atoms with Crippen molar-refractivity contribution in [2.45, 2.75) is 56.8 Å². The number of aromatic nitrogens is 3. The van der Waals surface area contributed by atoms with E-state index in [4.69, 9.17) is 4.74 Å². The molecule has 1 aromatic heterocycles. The lowest BCUT2D eigenvalue weighted by Crippen LogP contribution is -2.25. The van der Waals surface area contributed by atoms with Gasteiger partial charge in [-0.15, -0.1) is 5.10 Å². The van der Waals surface area contributed by atoms with Crippen LogP contribution in [0.25, 0.3) is 0 Å². The topological polar surface area (TPSA) is 89.0 Å². The number of hydrogen-bond donors (Lipinski definition) is 2. The molecule has 2 unspecified atom stereocenters. The van der Waals surface area contributed by atoms with Crippen LogP contribution in [0.3, 0.4) is 0 Å². The number of carbonyl (C=O) groups excluding carboxylic acids is 1. The molecule has 27 heavy (non-hydrogen) atoms. The third-order valence-electron chi connectivity index (χ3n) is 4.84. The molecule has 1 amide bonds. The maximum atomic E-state index is 12.2. The Kier molecular flexibility index (Phi) is 6.73. The Morgan fingerprint density at radius 2 is 2.22 bits per heavy atom. The van der Waals surface area contributed by atoms with E-state index < -0.39 is 0 Å². The normalized spacial score (nSPS) is 17.8. The number of ether oxygens (including phenoxy) is 1. The number of hydrogen-bond acceptors (Lipinski definition) is 5. The molecular formula is C19H26N4O3S. The number of benzene rings is 1. The van der Waals surface area contributed by atoms with E-state index in [1.165, 1.54) is 17.3 Å². The van der Waals surface area contributed by atoms with Crippen LogP contribution < -0.4 is 11.0 Å². The largest absolute Gasteiger partial charge is 0.376 e. The van der Waals surface area contributed by atoms with E-state index in [1.54, 1.807) is 4.57 Å². The zero-order chi connectivity index (χ0) is 19.2. The molecule has 8 heteroatoms. The Bertz CT molecular complexity index is 809. The van der Waals surface area contributed by atoms with Crippen LogP contribution in [0, 0.1) is 0 Å². The van der Waals surface area contributed by atoms with Gasteiger partial charge >= 0.3 is 5.69 Å². The highest BCUT2D eigenvalue weighted by Crippen LogP contribution is 2.21. The average Bonchev–Trinajstić information content (AvgIpc) is 3.31. The van der Waals surface area contributed by atoms with Gasteiger partial charge in [-0.25, -0.2) is 9.89 Å². The maximum absolute atomic E-state index is 12.2. The van der Waals surface area contributed by atoms with Gasteiger partial charge in [-0.1, -0.05) is 37.7 Å². The molecule has 1 aliphatic rings. The van der Waals surface area contributed by atoms with E-state index in [9.17, 15) is 9.59 Å². The first-order valence-corrected chi connectivity index (χ1v) is 10.3. The first kappa shape index (κ1) is 19.7. The quantitative estimate of drug-likeness (QED) is 0.677. The summed E-state index contributed by atoms with van der Waals surface area (Å²) in [6, 6.07) is 7.94. The fourth-order valence-corrected chi connectivity index (χ4v) is 3.78. The molecule has 2 atom stereocenters. The van der Waals surface area contributed by atoms with E-state index >= 15 is 0 Å². The standard InChI is InChI=1S/C19H26N4O3S/c1-3-13(2)14-6-8-15(9-7-14)20-17(24)12-27-19-22-21-18(25)23(19)11-16-5-4-10-26-16/h6-9,13,16H,3-5,10-12H2,1-2H3,(H,20,24)(H,21,25). The number of carbonyl (C=O) groups is 1. The van der Waals surface area contributed by atoms with Crippen molar-refractivity contribution in [3.8, 4) is 0 Å². The molecule has 0 spiro atoms. The van der Waals surface area contributed by atoms with Gasteiger partial charge in [0.15, 0.2) is 5.16 Å². The number of anilines is 1. The van der Waals surface area contributed by atoms with Gasteiger partial charge in [0.1, 0.15) is 0 Å². The van der Waals surface area contributed by atoms with Crippen LogP contribution >= 0.6 is 11.8 Å². The van der Waals surface area contributed by atoms with Crippen LogP contribution in [0.4, 0.5) is 5.69 Å². The molecule has 146 valence electrons. The highest BCUT2D eigenvalue weighted by Gasteiger charge is 2.20. The second-order valence-electron chi connectivity index (χ2n) is 6.83. The lowest BCUT2D eigenvalue weighted by molar-refractivity contribution is -0.113. The van der Waals surface area contributed by atoms with Crippen LogP contribution in [0.2, 0.25) is 0 Å². The monoisotopic (exact) mass is 390 g/mol. The third-order valence-corrected chi connectivity index (χ3v) is 5.82. The molecule has 1 aromatic carbocycles. The Morgan fingerprint density at radius 1 is 1.44 bits per heavy atom. The van der Waals surface area contributed by atoms with Gasteiger partial charge in [0.05, 0.1) is 18.4 Å². The minimum atomic E-state index is -0.269. The molecule has 7 nitrogen and oxygen atoms in total. The van der Waals surface area contributed by atoms with Crippen LogP contribution in [-0.4, -0.2) is 39.1 Å². The molecule has 3 rings (SSSR count). The Morgan fingerprint density at radius 3 is 2.89 bits per heavy atom. The number of amides is 1. The molecule has 1 fully saturated rings. The molecule has 1 aliphatic heterocycles. The molecule has 2 heterocycles. The molecule has 2 N–H and O–H groups in total. The van der Waals surface area contributed by atoms with Crippen molar-refractivity contribution in [1.82, 2.24) is 14.8 Å². The van der Waals surface area contributed by atoms with Crippen LogP contribution in [0.5, 0.6) is 0 Å². The van der Waals surface area contributed by atoms with E-state index in [0.29, 0.717) is 17.6 Å². The lowest BCUT2D eigenvalue weighted by Gasteiger charge is -2.11. The summed E-state index contributed by atoms with van der Waals surface area (Å²) in [5.41, 5.74) is 1.76. The minimum Gasteiger partial charge on any atom is -0.376 e. The van der Waals surface area contributed by atoms with Gasteiger partial charge in [-0.05, 0) is 42.9 Å². The number of aromatic amines is 1. The molecule has 0 aliphatic carbocycles. The van der Waals surface area contributed by atoms with E-state index in [1.807, 2.05) is 24.3 Å². The summed E-state index contributed by atoms with van der Waals surface area (Å²) in [7, 11) is 0. The van der Waals surface area contributed by atoms with Crippen molar-refractivity contribution in [2.75, 3.05) is 17.7 Å². The zero-order valence-electron chi connectivity index (χ0n) is 15.7. The van der Waals surface area contributed by atoms with Crippen molar-refractivity contribution in [2.24, 2.45) is 0 Å². The van der Waals surface area contributed by atoms with E-state index in [2.05, 4.69) is 29.4 Å². The molecule has 1 saturated heterocycles. The maximum Gasteiger partial charge on any atom is 0.344 e. The van der Waals surface area contributed by atoms with E-state index in [0.717, 1.165) is 31.6 Å². The van der Waals surface area contributed by atoms with Gasteiger partial charge in [-0.3, -0.25) is 9.36 Å². The van der Waals surface area contributed by atoms with Gasteiger partial charge in [0, 0.05) is 12.3 Å². The number of nitrogens with zero attached hydrogens (tertiary/aromatic N) is 2. The SMILES string of the molecule is CCC(C)c1ccc(NC(=O)CSc2n[nH]c(=O)n2CC2CCCO2)cc1. The third kappa shape index (κ3) is 5.23. The van der Waals surface area contributed by atoms with Crippen molar-refractivity contribution < 1.29 is 9.53 Å². The minimum absolute atomic E-state index is 0.0394. The van der Waals surface area contributed by atoms with Crippen molar-refractivity contribution in [3.05, 3.63) is 40.3 Å². The Labute approximate surface area is 162 Å². The second kappa shape index (κ2) is 9.23. The highest BCUT2D eigenvalue weighted by molar-refractivity contribution is 7.99. The lowest BCUT2D eigenvalue weighted by atomic mass is 9.99. The van der Waals surface area contributed by atoms with Gasteiger partial charge < -0.3 is 10.1 Å². The number of nitrogens with one attached hydrogen (secondary N) is 2. The van der Waals surface area contributed by atoms with Gasteiger partial charge in [0.25, 0.3) is 0 Å². The number of H-pyrrole nitrogens is 1. The van der Waals surface area contributed by atoms with Crippen LogP contribution in [-0.2, 0) is 16.1 Å². The molecular weight excluding hydrogens is 364 g/mol. The summed E-state index contributed by atoms with van der Waals surface area (Å²) in [4.78, 5) is 24.2. The first-order chi connectivity index (χ1) is 13.1. The van der Waals surface area contributed by atoms with Crippen LogP contribution in [0.15, 0.2) is 34.2 Å². The summed E-state index contributed by atoms with van der Waals surface area (Å²) in [5, 5.41) is 9.88. The average molecular weight is 391 g/mol. The summed E-state index contributed by atoms with van der Waals surface area (Å²) in [6.45, 7) is 5.55. The van der Waals surface area contributed by atoms with Crippen molar-refractivity contribution in [1.29, 1.82) is 0 Å². The number of rotatable bonds is 8.